The van der Waals surface area contributed by atoms with Gasteiger partial charge in [-0.25, -0.2) is 0 Å². The van der Waals surface area contributed by atoms with Gasteiger partial charge in [0.1, 0.15) is 6.04 Å². The summed E-state index contributed by atoms with van der Waals surface area (Å²) in [5.41, 5.74) is 3.42. The van der Waals surface area contributed by atoms with Crippen LogP contribution in [0.5, 0.6) is 0 Å². The summed E-state index contributed by atoms with van der Waals surface area (Å²) in [5.74, 6) is -0.329. The van der Waals surface area contributed by atoms with Crippen LogP contribution in [-0.2, 0) is 4.79 Å². The Labute approximate surface area is 209 Å². The second kappa shape index (κ2) is 10.4. The highest BCUT2D eigenvalue weighted by molar-refractivity contribution is 7.12. The summed E-state index contributed by atoms with van der Waals surface area (Å²) in [6.45, 7) is 2.01. The van der Waals surface area contributed by atoms with Crippen molar-refractivity contribution in [3.63, 3.8) is 0 Å². The van der Waals surface area contributed by atoms with E-state index in [0.717, 1.165) is 47.7 Å². The molecule has 1 atom stereocenters. The Morgan fingerprint density at radius 1 is 1.00 bits per heavy atom. The molecule has 1 saturated carbocycles. The number of aromatic nitrogens is 1. The molecule has 2 heterocycles. The summed E-state index contributed by atoms with van der Waals surface area (Å²) in [6, 6.07) is 20.5. The Kier molecular flexibility index (Phi) is 6.91. The number of nitrogens with one attached hydrogen (secondary N) is 1. The smallest absolute Gasteiger partial charge is 0.269 e. The van der Waals surface area contributed by atoms with Gasteiger partial charge in [-0.15, -0.1) is 11.3 Å². The molecule has 5 nitrogen and oxygen atoms in total. The van der Waals surface area contributed by atoms with E-state index in [1.165, 1.54) is 17.8 Å². The average Bonchev–Trinajstić information content (AvgIpc) is 3.43. The highest BCUT2D eigenvalue weighted by atomic mass is 32.1. The third kappa shape index (κ3) is 5.13. The maximum absolute atomic E-state index is 14.0. The van der Waals surface area contributed by atoms with E-state index in [0.29, 0.717) is 10.6 Å². The first kappa shape index (κ1) is 23.2. The number of fused-ring (bicyclic) bond motifs is 1. The molecule has 1 fully saturated rings. The third-order valence-electron chi connectivity index (χ3n) is 6.66. The van der Waals surface area contributed by atoms with E-state index in [4.69, 9.17) is 0 Å². The monoisotopic (exact) mass is 483 g/mol. The van der Waals surface area contributed by atoms with E-state index in [-0.39, 0.29) is 17.9 Å². The fraction of sp³-hybridized carbons (Fsp3) is 0.276. The van der Waals surface area contributed by atoms with Gasteiger partial charge in [0.2, 0.25) is 5.91 Å². The van der Waals surface area contributed by atoms with Crippen molar-refractivity contribution < 1.29 is 9.59 Å². The number of aryl methyl sites for hydroxylation is 1. The maximum atomic E-state index is 14.0. The summed E-state index contributed by atoms with van der Waals surface area (Å²) in [7, 11) is 0. The number of carbonyl (C=O) groups is 2. The van der Waals surface area contributed by atoms with Crippen LogP contribution in [0, 0.1) is 6.92 Å². The summed E-state index contributed by atoms with van der Waals surface area (Å²) in [5, 5.41) is 6.11. The lowest BCUT2D eigenvalue weighted by Crippen LogP contribution is -2.47. The van der Waals surface area contributed by atoms with Crippen molar-refractivity contribution in [2.75, 3.05) is 4.90 Å². The summed E-state index contributed by atoms with van der Waals surface area (Å²) in [6.07, 6.45) is 7.15. The predicted octanol–water partition coefficient (Wildman–Crippen LogP) is 6.44. The number of amides is 2. The lowest BCUT2D eigenvalue weighted by atomic mass is 9.94. The zero-order valence-electron chi connectivity index (χ0n) is 19.8. The summed E-state index contributed by atoms with van der Waals surface area (Å²) < 4.78 is 0. The maximum Gasteiger partial charge on any atom is 0.269 e. The molecule has 1 aliphatic carbocycles. The lowest BCUT2D eigenvalue weighted by molar-refractivity contribution is -0.123. The molecule has 5 rings (SSSR count). The molecule has 0 radical (unpaired) electrons. The van der Waals surface area contributed by atoms with Crippen LogP contribution in [0.4, 0.5) is 5.69 Å². The molecule has 35 heavy (non-hydrogen) atoms. The van der Waals surface area contributed by atoms with Crippen molar-refractivity contribution in [1.29, 1.82) is 0 Å². The second-order valence-electron chi connectivity index (χ2n) is 9.19. The molecule has 0 aliphatic heterocycles. The van der Waals surface area contributed by atoms with Crippen LogP contribution in [0.25, 0.3) is 10.9 Å². The van der Waals surface area contributed by atoms with Crippen LogP contribution in [-0.4, -0.2) is 22.8 Å². The van der Waals surface area contributed by atoms with Gasteiger partial charge < -0.3 is 5.32 Å². The zero-order chi connectivity index (χ0) is 24.2. The van der Waals surface area contributed by atoms with Gasteiger partial charge in [-0.05, 0) is 67.1 Å². The molecule has 0 spiro atoms. The van der Waals surface area contributed by atoms with Crippen LogP contribution in [0.1, 0.15) is 58.9 Å². The number of pyridine rings is 1. The molecule has 1 unspecified atom stereocenters. The van der Waals surface area contributed by atoms with E-state index in [1.54, 1.807) is 11.1 Å². The Hall–Kier alpha value is -3.51. The SMILES string of the molecule is Cc1ccc(N(C(=O)c2cccs2)C(C(=O)NC2CCCCC2)c2ccc3ncccc3c2)cc1. The van der Waals surface area contributed by atoms with Crippen molar-refractivity contribution >= 4 is 39.7 Å². The number of rotatable bonds is 6. The molecular weight excluding hydrogens is 454 g/mol. The van der Waals surface area contributed by atoms with Crippen molar-refractivity contribution in [1.82, 2.24) is 10.3 Å². The van der Waals surface area contributed by atoms with E-state index in [9.17, 15) is 9.59 Å². The number of thiophene rings is 1. The van der Waals surface area contributed by atoms with Gasteiger partial charge >= 0.3 is 0 Å². The standard InChI is InChI=1S/C29H29N3O2S/c1-20-11-14-24(15-12-20)32(29(34)26-10-6-18-35-26)27(28(33)31-23-8-3-2-4-9-23)22-13-16-25-21(19-22)7-5-17-30-25/h5-7,10-19,23,27H,2-4,8-9H2,1H3,(H,31,33). The number of hydrogen-bond acceptors (Lipinski definition) is 4. The molecule has 178 valence electrons. The average molecular weight is 484 g/mol. The molecule has 1 aliphatic rings. The number of benzene rings is 2. The van der Waals surface area contributed by atoms with E-state index >= 15 is 0 Å². The molecule has 2 amide bonds. The molecule has 2 aromatic heterocycles. The zero-order valence-corrected chi connectivity index (χ0v) is 20.6. The Morgan fingerprint density at radius 3 is 2.54 bits per heavy atom. The molecule has 0 bridgehead atoms. The topological polar surface area (TPSA) is 62.3 Å². The quantitative estimate of drug-likeness (QED) is 0.343. The fourth-order valence-electron chi connectivity index (χ4n) is 4.82. The van der Waals surface area contributed by atoms with Crippen LogP contribution in [0.2, 0.25) is 0 Å². The van der Waals surface area contributed by atoms with Crippen LogP contribution < -0.4 is 10.2 Å². The van der Waals surface area contributed by atoms with Gasteiger partial charge in [-0.3, -0.25) is 19.5 Å². The first-order valence-electron chi connectivity index (χ1n) is 12.2. The molecule has 2 aromatic carbocycles. The van der Waals surface area contributed by atoms with Gasteiger partial charge in [0.25, 0.3) is 5.91 Å². The first-order chi connectivity index (χ1) is 17.1. The number of nitrogens with zero attached hydrogens (tertiary/aromatic N) is 2. The molecular formula is C29H29N3O2S. The van der Waals surface area contributed by atoms with Gasteiger partial charge in [0.15, 0.2) is 0 Å². The third-order valence-corrected chi connectivity index (χ3v) is 7.52. The van der Waals surface area contributed by atoms with Gasteiger partial charge in [0, 0.05) is 23.3 Å². The van der Waals surface area contributed by atoms with Crippen molar-refractivity contribution in [2.24, 2.45) is 0 Å². The highest BCUT2D eigenvalue weighted by Gasteiger charge is 2.35. The van der Waals surface area contributed by atoms with Gasteiger partial charge in [-0.2, -0.15) is 0 Å². The summed E-state index contributed by atoms with van der Waals surface area (Å²) >= 11 is 1.39. The van der Waals surface area contributed by atoms with Crippen LogP contribution in [0.15, 0.2) is 78.3 Å². The van der Waals surface area contributed by atoms with E-state index < -0.39 is 6.04 Å². The van der Waals surface area contributed by atoms with Crippen LogP contribution in [0.3, 0.4) is 0 Å². The lowest BCUT2D eigenvalue weighted by Gasteiger charge is -2.33. The van der Waals surface area contributed by atoms with Crippen molar-refractivity contribution in [2.45, 2.75) is 51.1 Å². The predicted molar refractivity (Wildman–Crippen MR) is 142 cm³/mol. The normalized spacial score (nSPS) is 15.0. The largest absolute Gasteiger partial charge is 0.351 e. The number of hydrogen-bond donors (Lipinski definition) is 1. The molecule has 0 saturated heterocycles. The summed E-state index contributed by atoms with van der Waals surface area (Å²) in [4.78, 5) is 34.6. The number of anilines is 1. The Morgan fingerprint density at radius 2 is 1.80 bits per heavy atom. The van der Waals surface area contributed by atoms with E-state index in [1.807, 2.05) is 79.0 Å². The van der Waals surface area contributed by atoms with Crippen LogP contribution >= 0.6 is 11.3 Å². The molecule has 6 heteroatoms. The van der Waals surface area contributed by atoms with E-state index in [2.05, 4.69) is 10.3 Å². The fourth-order valence-corrected chi connectivity index (χ4v) is 5.48. The molecule has 1 N–H and O–H groups in total. The Bertz CT molecular complexity index is 1310. The van der Waals surface area contributed by atoms with Gasteiger partial charge in [-0.1, -0.05) is 55.2 Å². The van der Waals surface area contributed by atoms with Gasteiger partial charge in [0.05, 0.1) is 10.4 Å². The second-order valence-corrected chi connectivity index (χ2v) is 10.1. The highest BCUT2D eigenvalue weighted by Crippen LogP contribution is 2.33. The minimum atomic E-state index is -0.807. The molecule has 4 aromatic rings. The number of carbonyl (C=O) groups excluding carboxylic acids is 2. The Balaban J connectivity index is 1.62. The minimum absolute atomic E-state index is 0.137. The van der Waals surface area contributed by atoms with Crippen molar-refractivity contribution in [3.8, 4) is 0 Å². The minimum Gasteiger partial charge on any atom is -0.351 e. The van der Waals surface area contributed by atoms with Crippen molar-refractivity contribution in [3.05, 3.63) is 94.3 Å². The first-order valence-corrected chi connectivity index (χ1v) is 13.1.